The predicted molar refractivity (Wildman–Crippen MR) is 37.9 cm³/mol. The Hall–Kier alpha value is -1.39. The molecule has 0 bridgehead atoms. The van der Waals surface area contributed by atoms with Gasteiger partial charge in [-0.1, -0.05) is 0 Å². The van der Waals surface area contributed by atoms with Gasteiger partial charge in [-0.2, -0.15) is 13.2 Å². The zero-order chi connectivity index (χ0) is 10.2. The molecule has 0 fully saturated rings. The third kappa shape index (κ3) is 1.85. The van der Waals surface area contributed by atoms with E-state index < -0.39 is 23.3 Å². The summed E-state index contributed by atoms with van der Waals surface area (Å²) in [6.45, 7) is 1.18. The molecule has 0 atom stereocenters. The van der Waals surface area contributed by atoms with Gasteiger partial charge in [0.2, 0.25) is 0 Å². The summed E-state index contributed by atoms with van der Waals surface area (Å²) in [5.74, 6) is -1.93. The van der Waals surface area contributed by atoms with Gasteiger partial charge in [-0.3, -0.25) is 9.59 Å². The smallest absolute Gasteiger partial charge is 0.290 e. The Morgan fingerprint density at radius 2 is 1.69 bits per heavy atom. The molecule has 0 amide bonds. The van der Waals surface area contributed by atoms with E-state index in [0.717, 1.165) is 6.08 Å². The number of hydrogen-bond donors (Lipinski definition) is 0. The average molecular weight is 190 g/mol. The van der Waals surface area contributed by atoms with Crippen molar-refractivity contribution in [1.29, 1.82) is 0 Å². The van der Waals surface area contributed by atoms with Crippen molar-refractivity contribution in [1.82, 2.24) is 0 Å². The highest BCUT2D eigenvalue weighted by molar-refractivity contribution is 6.20. The van der Waals surface area contributed by atoms with E-state index in [1.807, 2.05) is 0 Å². The summed E-state index contributed by atoms with van der Waals surface area (Å²) in [6.07, 6.45) is -3.55. The number of carbonyl (C=O) groups excluding carboxylic acids is 2. The molecule has 1 rings (SSSR count). The maximum atomic E-state index is 12.1. The van der Waals surface area contributed by atoms with Crippen LogP contribution in [0.3, 0.4) is 0 Å². The van der Waals surface area contributed by atoms with Crippen LogP contribution in [-0.2, 0) is 9.59 Å². The largest absolute Gasteiger partial charge is 0.420 e. The van der Waals surface area contributed by atoms with Gasteiger partial charge in [-0.25, -0.2) is 0 Å². The van der Waals surface area contributed by atoms with Crippen LogP contribution in [0.1, 0.15) is 6.92 Å². The molecule has 0 aromatic carbocycles. The SMILES string of the molecule is CC1=CC(=O)C=C(C(F)(F)F)C1=O. The van der Waals surface area contributed by atoms with Crippen LogP contribution in [0.5, 0.6) is 0 Å². The fourth-order valence-electron chi connectivity index (χ4n) is 0.951. The average Bonchev–Trinajstić information content (AvgIpc) is 1.94. The fourth-order valence-corrected chi connectivity index (χ4v) is 0.951. The third-order valence-corrected chi connectivity index (χ3v) is 1.55. The van der Waals surface area contributed by atoms with E-state index in [2.05, 4.69) is 0 Å². The van der Waals surface area contributed by atoms with Crippen molar-refractivity contribution >= 4 is 11.6 Å². The normalized spacial score (nSPS) is 18.5. The van der Waals surface area contributed by atoms with Crippen LogP contribution in [0.2, 0.25) is 0 Å². The van der Waals surface area contributed by atoms with Crippen LogP contribution >= 0.6 is 0 Å². The lowest BCUT2D eigenvalue weighted by Gasteiger charge is -2.12. The van der Waals surface area contributed by atoms with Gasteiger partial charge >= 0.3 is 6.18 Å². The van der Waals surface area contributed by atoms with Crippen molar-refractivity contribution in [2.24, 2.45) is 0 Å². The minimum Gasteiger partial charge on any atom is -0.290 e. The maximum absolute atomic E-state index is 12.1. The predicted octanol–water partition coefficient (Wildman–Crippen LogP) is 1.57. The van der Waals surface area contributed by atoms with Crippen LogP contribution in [-0.4, -0.2) is 17.7 Å². The molecule has 1 aliphatic rings. The molecule has 0 N–H and O–H groups in total. The molecule has 5 heteroatoms. The minimum atomic E-state index is -4.75. The van der Waals surface area contributed by atoms with Crippen LogP contribution < -0.4 is 0 Å². The van der Waals surface area contributed by atoms with E-state index in [9.17, 15) is 22.8 Å². The molecular formula is C8H5F3O2. The van der Waals surface area contributed by atoms with Crippen LogP contribution in [0.4, 0.5) is 13.2 Å². The third-order valence-electron chi connectivity index (χ3n) is 1.55. The molecule has 0 spiro atoms. The van der Waals surface area contributed by atoms with Gasteiger partial charge in [0.1, 0.15) is 5.57 Å². The zero-order valence-electron chi connectivity index (χ0n) is 6.61. The van der Waals surface area contributed by atoms with Crippen molar-refractivity contribution in [2.75, 3.05) is 0 Å². The van der Waals surface area contributed by atoms with Gasteiger partial charge in [-0.05, 0) is 13.0 Å². The summed E-state index contributed by atoms with van der Waals surface area (Å²) in [5, 5.41) is 0. The Balaban J connectivity index is 3.14. The summed E-state index contributed by atoms with van der Waals surface area (Å²) in [4.78, 5) is 21.6. The molecule has 2 nitrogen and oxygen atoms in total. The highest BCUT2D eigenvalue weighted by Crippen LogP contribution is 2.29. The van der Waals surface area contributed by atoms with Crippen LogP contribution in [0.15, 0.2) is 23.3 Å². The molecule has 0 radical (unpaired) electrons. The summed E-state index contributed by atoms with van der Waals surface area (Å²) >= 11 is 0. The van der Waals surface area contributed by atoms with E-state index in [-0.39, 0.29) is 5.57 Å². The molecular weight excluding hydrogens is 185 g/mol. The van der Waals surface area contributed by atoms with Crippen LogP contribution in [0, 0.1) is 0 Å². The number of Topliss-reactive ketones (excluding diaryl/α,β-unsaturated/α-hetero) is 1. The molecule has 13 heavy (non-hydrogen) atoms. The van der Waals surface area contributed by atoms with Gasteiger partial charge < -0.3 is 0 Å². The van der Waals surface area contributed by atoms with Crippen molar-refractivity contribution in [3.8, 4) is 0 Å². The number of ketones is 2. The minimum absolute atomic E-state index is 0.181. The van der Waals surface area contributed by atoms with Crippen molar-refractivity contribution < 1.29 is 22.8 Å². The van der Waals surface area contributed by atoms with Gasteiger partial charge in [0.25, 0.3) is 0 Å². The summed E-state index contributed by atoms with van der Waals surface area (Å²) in [5.41, 5.74) is -1.57. The second kappa shape index (κ2) is 2.83. The Bertz CT molecular complexity index is 334. The van der Waals surface area contributed by atoms with Gasteiger partial charge in [-0.15, -0.1) is 0 Å². The molecule has 0 aromatic heterocycles. The number of carbonyl (C=O) groups is 2. The number of halogens is 3. The second-order valence-corrected chi connectivity index (χ2v) is 2.61. The highest BCUT2D eigenvalue weighted by atomic mass is 19.4. The Morgan fingerprint density at radius 3 is 2.15 bits per heavy atom. The summed E-state index contributed by atoms with van der Waals surface area (Å²) in [6, 6.07) is 0. The first-order valence-electron chi connectivity index (χ1n) is 3.38. The van der Waals surface area contributed by atoms with E-state index in [1.165, 1.54) is 6.92 Å². The molecule has 1 aliphatic carbocycles. The Labute approximate surface area is 71.7 Å². The lowest BCUT2D eigenvalue weighted by Crippen LogP contribution is -2.24. The Morgan fingerprint density at radius 1 is 1.15 bits per heavy atom. The zero-order valence-corrected chi connectivity index (χ0v) is 6.61. The van der Waals surface area contributed by atoms with Crippen molar-refractivity contribution in [3.63, 3.8) is 0 Å². The quantitative estimate of drug-likeness (QED) is 0.543. The Kier molecular flexibility index (Phi) is 2.11. The van der Waals surface area contributed by atoms with E-state index >= 15 is 0 Å². The van der Waals surface area contributed by atoms with E-state index in [4.69, 9.17) is 0 Å². The number of hydrogen-bond acceptors (Lipinski definition) is 2. The highest BCUT2D eigenvalue weighted by Gasteiger charge is 2.40. The fraction of sp³-hybridized carbons (Fsp3) is 0.250. The lowest BCUT2D eigenvalue weighted by molar-refractivity contribution is -0.128. The molecule has 0 heterocycles. The lowest BCUT2D eigenvalue weighted by atomic mass is 9.97. The number of alkyl halides is 3. The van der Waals surface area contributed by atoms with Gasteiger partial charge in [0, 0.05) is 11.6 Å². The number of allylic oxidation sites excluding steroid dienone is 4. The van der Waals surface area contributed by atoms with Crippen LogP contribution in [0.25, 0.3) is 0 Å². The summed E-state index contributed by atoms with van der Waals surface area (Å²) < 4.78 is 36.2. The molecule has 0 saturated carbocycles. The summed E-state index contributed by atoms with van der Waals surface area (Å²) in [7, 11) is 0. The van der Waals surface area contributed by atoms with Crippen molar-refractivity contribution in [3.05, 3.63) is 23.3 Å². The monoisotopic (exact) mass is 190 g/mol. The first-order valence-corrected chi connectivity index (χ1v) is 3.38. The first-order chi connectivity index (χ1) is 5.82. The van der Waals surface area contributed by atoms with Crippen molar-refractivity contribution in [2.45, 2.75) is 13.1 Å². The first kappa shape index (κ1) is 9.70. The molecule has 0 aromatic rings. The number of rotatable bonds is 0. The van der Waals surface area contributed by atoms with Gasteiger partial charge in [0.15, 0.2) is 11.6 Å². The van der Waals surface area contributed by atoms with E-state index in [1.54, 1.807) is 0 Å². The molecule has 70 valence electrons. The standard InChI is InChI=1S/C8H5F3O2/c1-4-2-5(12)3-6(7(4)13)8(9,10)11/h2-3H,1H3. The molecule has 0 unspecified atom stereocenters. The maximum Gasteiger partial charge on any atom is 0.420 e. The molecule has 0 aliphatic heterocycles. The van der Waals surface area contributed by atoms with E-state index in [0.29, 0.717) is 6.08 Å². The van der Waals surface area contributed by atoms with Gasteiger partial charge in [0.05, 0.1) is 0 Å². The second-order valence-electron chi connectivity index (χ2n) is 2.61. The molecule has 0 saturated heterocycles. The topological polar surface area (TPSA) is 34.1 Å².